The van der Waals surface area contributed by atoms with Crippen molar-refractivity contribution in [3.05, 3.63) is 47.7 Å². The van der Waals surface area contributed by atoms with Crippen LogP contribution in [0, 0.1) is 6.92 Å². The number of fused-ring (bicyclic) bond motifs is 1. The van der Waals surface area contributed by atoms with E-state index >= 15 is 0 Å². The van der Waals surface area contributed by atoms with Gasteiger partial charge in [-0.25, -0.2) is 4.98 Å². The van der Waals surface area contributed by atoms with Crippen molar-refractivity contribution in [3.8, 4) is 0 Å². The van der Waals surface area contributed by atoms with Gasteiger partial charge < -0.3 is 9.30 Å². The van der Waals surface area contributed by atoms with Crippen LogP contribution in [0.25, 0.3) is 11.2 Å². The monoisotopic (exact) mass is 309 g/mol. The van der Waals surface area contributed by atoms with Gasteiger partial charge in [0, 0.05) is 30.6 Å². The van der Waals surface area contributed by atoms with Gasteiger partial charge in [0.05, 0.1) is 0 Å². The van der Waals surface area contributed by atoms with Gasteiger partial charge in [0.25, 0.3) is 5.91 Å². The number of aromatic nitrogens is 6. The predicted molar refractivity (Wildman–Crippen MR) is 82.6 cm³/mol. The second kappa shape index (κ2) is 5.31. The molecule has 0 saturated carbocycles. The Balaban J connectivity index is 1.56. The lowest BCUT2D eigenvalue weighted by molar-refractivity contribution is 0.0767. The molecule has 3 aromatic heterocycles. The predicted octanol–water partition coefficient (Wildman–Crippen LogP) is 1.09. The highest BCUT2D eigenvalue weighted by Crippen LogP contribution is 2.20. The van der Waals surface area contributed by atoms with Crippen LogP contribution in [-0.4, -0.2) is 53.9 Å². The molecule has 0 atom stereocenters. The molecule has 0 radical (unpaired) electrons. The Morgan fingerprint density at radius 3 is 2.96 bits per heavy atom. The fourth-order valence-electron chi connectivity index (χ4n) is 2.77. The molecule has 8 heteroatoms. The third-order valence-electron chi connectivity index (χ3n) is 4.04. The van der Waals surface area contributed by atoms with Crippen LogP contribution in [0.4, 0.5) is 0 Å². The molecular formula is C15H15N7O. The summed E-state index contributed by atoms with van der Waals surface area (Å²) in [5.41, 5.74) is 3.31. The number of aromatic amines is 1. The van der Waals surface area contributed by atoms with Gasteiger partial charge in [-0.1, -0.05) is 12.1 Å². The molecule has 8 nitrogen and oxygen atoms in total. The van der Waals surface area contributed by atoms with E-state index in [4.69, 9.17) is 0 Å². The molecule has 0 saturated heterocycles. The van der Waals surface area contributed by atoms with Gasteiger partial charge in [0.1, 0.15) is 11.3 Å². The molecule has 23 heavy (non-hydrogen) atoms. The van der Waals surface area contributed by atoms with E-state index in [0.29, 0.717) is 31.0 Å². The first-order chi connectivity index (χ1) is 11.2. The van der Waals surface area contributed by atoms with Crippen molar-refractivity contribution in [1.29, 1.82) is 0 Å². The van der Waals surface area contributed by atoms with Crippen molar-refractivity contribution in [3.63, 3.8) is 0 Å². The molecule has 0 aliphatic carbocycles. The molecule has 0 aromatic carbocycles. The highest BCUT2D eigenvalue weighted by molar-refractivity contribution is 5.93. The van der Waals surface area contributed by atoms with Gasteiger partial charge >= 0.3 is 0 Å². The normalized spacial score (nSPS) is 15.0. The molecule has 4 heterocycles. The number of aryl methyl sites for hydroxylation is 1. The number of carbonyl (C=O) groups excluding carboxylic acids is 1. The lowest BCUT2D eigenvalue weighted by atomic mass is 10.1. The largest absolute Gasteiger partial charge is 0.333 e. The summed E-state index contributed by atoms with van der Waals surface area (Å²) in [6, 6.07) is 5.82. The molecule has 1 aliphatic rings. The van der Waals surface area contributed by atoms with Crippen LogP contribution >= 0.6 is 0 Å². The molecule has 1 amide bonds. The Morgan fingerprint density at radius 1 is 1.35 bits per heavy atom. The highest BCUT2D eigenvalue weighted by Gasteiger charge is 2.22. The minimum Gasteiger partial charge on any atom is -0.333 e. The number of H-pyrrole nitrogens is 1. The number of hydrogen-bond donors (Lipinski definition) is 1. The summed E-state index contributed by atoms with van der Waals surface area (Å²) in [5, 5.41) is 13.9. The van der Waals surface area contributed by atoms with E-state index in [1.165, 1.54) is 0 Å². The Hall–Kier alpha value is -3.03. The first-order valence-electron chi connectivity index (χ1n) is 7.39. The first kappa shape index (κ1) is 13.6. The van der Waals surface area contributed by atoms with Crippen LogP contribution in [0.5, 0.6) is 0 Å². The zero-order valence-electron chi connectivity index (χ0n) is 12.6. The first-order valence-corrected chi connectivity index (χ1v) is 7.39. The van der Waals surface area contributed by atoms with Gasteiger partial charge in [-0.2, -0.15) is 5.21 Å². The minimum absolute atomic E-state index is 0.0588. The summed E-state index contributed by atoms with van der Waals surface area (Å²) in [7, 11) is 0. The smallest absolute Gasteiger partial charge is 0.274 e. The third kappa shape index (κ3) is 2.37. The molecule has 1 aliphatic heterocycles. The maximum Gasteiger partial charge on any atom is 0.274 e. The summed E-state index contributed by atoms with van der Waals surface area (Å²) in [6.45, 7) is 3.13. The Bertz CT molecular complexity index is 894. The van der Waals surface area contributed by atoms with Gasteiger partial charge in [-0.05, 0) is 30.7 Å². The van der Waals surface area contributed by atoms with Crippen LogP contribution in [-0.2, 0) is 0 Å². The molecule has 0 bridgehead atoms. The van der Waals surface area contributed by atoms with Crippen LogP contribution in [0.2, 0.25) is 0 Å². The number of rotatable bonds is 2. The Kier molecular flexibility index (Phi) is 3.14. The minimum atomic E-state index is -0.0588. The summed E-state index contributed by atoms with van der Waals surface area (Å²) in [5.74, 6) is 0.539. The average molecular weight is 309 g/mol. The maximum absolute atomic E-state index is 12.6. The zero-order valence-corrected chi connectivity index (χ0v) is 12.6. The summed E-state index contributed by atoms with van der Waals surface area (Å²) < 4.78 is 1.93. The van der Waals surface area contributed by atoms with Crippen LogP contribution in [0.1, 0.15) is 28.4 Å². The summed E-state index contributed by atoms with van der Waals surface area (Å²) in [6.07, 6.45) is 4.47. The zero-order chi connectivity index (χ0) is 15.8. The summed E-state index contributed by atoms with van der Waals surface area (Å²) >= 11 is 0. The second-order valence-electron chi connectivity index (χ2n) is 5.49. The van der Waals surface area contributed by atoms with Crippen LogP contribution in [0.15, 0.2) is 30.5 Å². The SMILES string of the molecule is Cc1cccc2nc(C(=O)N3CC=C(c4nn[nH]n4)CC3)cn12. The number of amides is 1. The molecule has 3 aromatic rings. The van der Waals surface area contributed by atoms with E-state index < -0.39 is 0 Å². The van der Waals surface area contributed by atoms with Crippen molar-refractivity contribution >= 4 is 17.1 Å². The number of imidazole rings is 1. The highest BCUT2D eigenvalue weighted by atomic mass is 16.2. The van der Waals surface area contributed by atoms with Gasteiger partial charge in [0.15, 0.2) is 5.82 Å². The molecular weight excluding hydrogens is 294 g/mol. The molecule has 116 valence electrons. The fraction of sp³-hybridized carbons (Fsp3) is 0.267. The standard InChI is InChI=1S/C15H15N7O/c1-10-3-2-4-13-16-12(9-22(10)13)15(23)21-7-5-11(6-8-21)14-17-19-20-18-14/h2-5,9H,6-8H2,1H3,(H,17,18,19,20). The van der Waals surface area contributed by atoms with Gasteiger partial charge in [-0.3, -0.25) is 4.79 Å². The van der Waals surface area contributed by atoms with Crippen LogP contribution < -0.4 is 0 Å². The Morgan fingerprint density at radius 2 is 2.26 bits per heavy atom. The van der Waals surface area contributed by atoms with E-state index in [9.17, 15) is 4.79 Å². The third-order valence-corrected chi connectivity index (χ3v) is 4.04. The van der Waals surface area contributed by atoms with E-state index in [-0.39, 0.29) is 5.91 Å². The number of nitrogens with one attached hydrogen (secondary N) is 1. The van der Waals surface area contributed by atoms with Crippen molar-refractivity contribution in [2.75, 3.05) is 13.1 Å². The molecule has 4 rings (SSSR count). The molecule has 1 N–H and O–H groups in total. The van der Waals surface area contributed by atoms with Gasteiger partial charge in [-0.15, -0.1) is 10.2 Å². The number of tetrazole rings is 1. The maximum atomic E-state index is 12.6. The summed E-state index contributed by atoms with van der Waals surface area (Å²) in [4.78, 5) is 18.9. The number of hydrogen-bond acceptors (Lipinski definition) is 5. The lowest BCUT2D eigenvalue weighted by Crippen LogP contribution is -2.35. The van der Waals surface area contributed by atoms with Gasteiger partial charge in [0.2, 0.25) is 0 Å². The molecule has 0 fully saturated rings. The average Bonchev–Trinajstić information content (AvgIpc) is 3.24. The van der Waals surface area contributed by atoms with Crippen molar-refractivity contribution in [2.45, 2.75) is 13.3 Å². The van der Waals surface area contributed by atoms with E-state index in [2.05, 4.69) is 25.6 Å². The fourth-order valence-corrected chi connectivity index (χ4v) is 2.77. The van der Waals surface area contributed by atoms with Crippen molar-refractivity contribution < 1.29 is 4.79 Å². The molecule has 0 unspecified atom stereocenters. The van der Waals surface area contributed by atoms with Crippen LogP contribution in [0.3, 0.4) is 0 Å². The van der Waals surface area contributed by atoms with Crippen molar-refractivity contribution in [1.82, 2.24) is 34.9 Å². The lowest BCUT2D eigenvalue weighted by Gasteiger charge is -2.24. The number of pyridine rings is 1. The number of nitrogens with zero attached hydrogens (tertiary/aromatic N) is 6. The van der Waals surface area contributed by atoms with E-state index in [0.717, 1.165) is 16.9 Å². The second-order valence-corrected chi connectivity index (χ2v) is 5.49. The molecule has 0 spiro atoms. The van der Waals surface area contributed by atoms with E-state index in [1.54, 1.807) is 11.1 Å². The van der Waals surface area contributed by atoms with E-state index in [1.807, 2.05) is 35.6 Å². The quantitative estimate of drug-likeness (QED) is 0.765. The number of carbonyl (C=O) groups is 1. The Labute approximate surface area is 131 Å². The van der Waals surface area contributed by atoms with Crippen molar-refractivity contribution in [2.24, 2.45) is 0 Å². The topological polar surface area (TPSA) is 92.1 Å².